The number of rotatable bonds is 8. The van der Waals surface area contributed by atoms with E-state index in [0.717, 1.165) is 23.4 Å². The van der Waals surface area contributed by atoms with Crippen LogP contribution in [0.1, 0.15) is 11.1 Å². The van der Waals surface area contributed by atoms with E-state index in [1.165, 1.54) is 5.56 Å². The van der Waals surface area contributed by atoms with Crippen LogP contribution in [0, 0.1) is 6.92 Å². The molecule has 7 nitrogen and oxygen atoms in total. The van der Waals surface area contributed by atoms with Gasteiger partial charge in [-0.2, -0.15) is 10.1 Å². The lowest BCUT2D eigenvalue weighted by Crippen LogP contribution is -2.09. The molecule has 0 atom stereocenters. The van der Waals surface area contributed by atoms with Gasteiger partial charge in [-0.05, 0) is 42.7 Å². The van der Waals surface area contributed by atoms with Crippen LogP contribution in [0.5, 0.6) is 11.5 Å². The summed E-state index contributed by atoms with van der Waals surface area (Å²) in [4.78, 5) is 4.45. The molecule has 0 saturated heterocycles. The highest BCUT2D eigenvalue weighted by Crippen LogP contribution is 2.32. The van der Waals surface area contributed by atoms with Crippen LogP contribution in [-0.2, 0) is 6.42 Å². The molecule has 1 aromatic heterocycles. The van der Waals surface area contributed by atoms with E-state index < -0.39 is 0 Å². The monoisotopic (exact) mass is 399 g/mol. The third-order valence-electron chi connectivity index (χ3n) is 4.14. The Balaban J connectivity index is 1.65. The van der Waals surface area contributed by atoms with Crippen LogP contribution in [0.4, 0.5) is 17.5 Å². The molecule has 0 radical (unpaired) electrons. The molecule has 28 heavy (non-hydrogen) atoms. The molecule has 0 amide bonds. The van der Waals surface area contributed by atoms with Gasteiger partial charge in [0.15, 0.2) is 5.82 Å². The molecular weight excluding hydrogens is 378 g/mol. The van der Waals surface area contributed by atoms with Crippen LogP contribution in [-0.4, -0.2) is 35.9 Å². The van der Waals surface area contributed by atoms with Crippen molar-refractivity contribution in [3.8, 4) is 11.5 Å². The molecule has 0 aliphatic rings. The van der Waals surface area contributed by atoms with Crippen molar-refractivity contribution in [3.63, 3.8) is 0 Å². The number of aryl methyl sites for hydroxylation is 1. The number of halogens is 1. The molecule has 0 aliphatic heterocycles. The van der Waals surface area contributed by atoms with E-state index in [0.29, 0.717) is 29.1 Å². The lowest BCUT2D eigenvalue weighted by atomic mass is 10.1. The number of nitrogens with zero attached hydrogens (tertiary/aromatic N) is 3. The number of methoxy groups -OCH3 is 2. The minimum atomic E-state index is 0.367. The highest BCUT2D eigenvalue weighted by molar-refractivity contribution is 6.31. The number of aromatic nitrogens is 3. The first kappa shape index (κ1) is 19.7. The lowest BCUT2D eigenvalue weighted by molar-refractivity contribution is 0.414. The highest BCUT2D eigenvalue weighted by atomic mass is 35.5. The maximum atomic E-state index is 6.15. The SMILES string of the molecule is COc1cccc(CCNc2cnnc(Nc3cc(C)c(Cl)cc3OC)n2)c1. The summed E-state index contributed by atoms with van der Waals surface area (Å²) in [7, 11) is 3.25. The standard InChI is InChI=1S/C20H22ClN5O2/c1-13-9-17(18(28-3)11-16(13)21)24-20-25-19(12-23-26-20)22-8-7-14-5-4-6-15(10-14)27-2/h4-6,9-12H,7-8H2,1-3H3,(H2,22,24,25,26). The minimum Gasteiger partial charge on any atom is -0.497 e. The van der Waals surface area contributed by atoms with Crippen molar-refractivity contribution in [1.29, 1.82) is 0 Å². The molecular formula is C20H22ClN5O2. The summed E-state index contributed by atoms with van der Waals surface area (Å²) in [6.07, 6.45) is 2.41. The van der Waals surface area contributed by atoms with Gasteiger partial charge in [-0.15, -0.1) is 5.10 Å². The maximum absolute atomic E-state index is 6.15. The van der Waals surface area contributed by atoms with Crippen molar-refractivity contribution >= 4 is 29.1 Å². The number of hydrogen-bond acceptors (Lipinski definition) is 7. The Kier molecular flexibility index (Phi) is 6.49. The second kappa shape index (κ2) is 9.23. The van der Waals surface area contributed by atoms with E-state index in [1.807, 2.05) is 31.2 Å². The number of nitrogens with one attached hydrogen (secondary N) is 2. The fraction of sp³-hybridized carbons (Fsp3) is 0.250. The molecule has 0 spiro atoms. The zero-order valence-electron chi connectivity index (χ0n) is 16.0. The fourth-order valence-electron chi connectivity index (χ4n) is 2.65. The van der Waals surface area contributed by atoms with Crippen LogP contribution in [0.25, 0.3) is 0 Å². The summed E-state index contributed by atoms with van der Waals surface area (Å²) in [6.45, 7) is 2.62. The second-order valence-corrected chi connectivity index (χ2v) is 6.53. The molecule has 0 unspecified atom stereocenters. The second-order valence-electron chi connectivity index (χ2n) is 6.12. The van der Waals surface area contributed by atoms with E-state index in [4.69, 9.17) is 21.1 Å². The van der Waals surface area contributed by atoms with Gasteiger partial charge in [0.05, 0.1) is 26.1 Å². The van der Waals surface area contributed by atoms with Gasteiger partial charge < -0.3 is 20.1 Å². The summed E-state index contributed by atoms with van der Waals surface area (Å²) in [5.74, 6) is 2.45. The predicted molar refractivity (Wildman–Crippen MR) is 111 cm³/mol. The van der Waals surface area contributed by atoms with Gasteiger partial charge >= 0.3 is 0 Å². The third-order valence-corrected chi connectivity index (χ3v) is 4.55. The van der Waals surface area contributed by atoms with Crippen molar-refractivity contribution in [3.05, 3.63) is 58.7 Å². The maximum Gasteiger partial charge on any atom is 0.249 e. The van der Waals surface area contributed by atoms with Crippen LogP contribution >= 0.6 is 11.6 Å². The van der Waals surface area contributed by atoms with Crippen LogP contribution < -0.4 is 20.1 Å². The zero-order chi connectivity index (χ0) is 19.9. The van der Waals surface area contributed by atoms with Gasteiger partial charge in [0, 0.05) is 17.6 Å². The van der Waals surface area contributed by atoms with E-state index in [9.17, 15) is 0 Å². The van der Waals surface area contributed by atoms with E-state index in [-0.39, 0.29) is 0 Å². The minimum absolute atomic E-state index is 0.367. The Morgan fingerprint density at radius 1 is 1.11 bits per heavy atom. The first-order valence-corrected chi connectivity index (χ1v) is 9.14. The molecule has 2 N–H and O–H groups in total. The van der Waals surface area contributed by atoms with E-state index >= 15 is 0 Å². The molecule has 0 fully saturated rings. The smallest absolute Gasteiger partial charge is 0.249 e. The number of benzene rings is 2. The van der Waals surface area contributed by atoms with Gasteiger partial charge in [0.1, 0.15) is 11.5 Å². The summed E-state index contributed by atoms with van der Waals surface area (Å²) in [5, 5.41) is 15.1. The highest BCUT2D eigenvalue weighted by Gasteiger charge is 2.09. The molecule has 0 aliphatic carbocycles. The molecule has 2 aromatic carbocycles. The first-order valence-electron chi connectivity index (χ1n) is 8.76. The largest absolute Gasteiger partial charge is 0.497 e. The van der Waals surface area contributed by atoms with Gasteiger partial charge in [0.25, 0.3) is 0 Å². The number of hydrogen-bond donors (Lipinski definition) is 2. The summed E-state index contributed by atoms with van der Waals surface area (Å²) in [5.41, 5.74) is 2.82. The molecule has 8 heteroatoms. The predicted octanol–water partition coefficient (Wildman–Crippen LogP) is 4.25. The molecule has 0 bridgehead atoms. The summed E-state index contributed by atoms with van der Waals surface area (Å²) >= 11 is 6.15. The Morgan fingerprint density at radius 3 is 2.75 bits per heavy atom. The van der Waals surface area contributed by atoms with Crippen LogP contribution in [0.2, 0.25) is 5.02 Å². The van der Waals surface area contributed by atoms with Gasteiger partial charge in [0.2, 0.25) is 5.95 Å². The van der Waals surface area contributed by atoms with Crippen molar-refractivity contribution in [2.75, 3.05) is 31.4 Å². The number of anilines is 3. The molecule has 1 heterocycles. The average Bonchev–Trinajstić information content (AvgIpc) is 2.71. The Hall–Kier alpha value is -3.06. The van der Waals surface area contributed by atoms with Gasteiger partial charge in [-0.3, -0.25) is 0 Å². The Labute approximate surface area is 169 Å². The third kappa shape index (κ3) is 5.01. The van der Waals surface area contributed by atoms with E-state index in [1.54, 1.807) is 26.5 Å². The Morgan fingerprint density at radius 2 is 1.96 bits per heavy atom. The number of ether oxygens (including phenoxy) is 2. The van der Waals surface area contributed by atoms with Gasteiger partial charge in [-0.25, -0.2) is 0 Å². The van der Waals surface area contributed by atoms with Gasteiger partial charge in [-0.1, -0.05) is 23.7 Å². The fourth-order valence-corrected chi connectivity index (χ4v) is 2.81. The van der Waals surface area contributed by atoms with Crippen LogP contribution in [0.3, 0.4) is 0 Å². The Bertz CT molecular complexity index is 952. The summed E-state index contributed by atoms with van der Waals surface area (Å²) < 4.78 is 10.6. The quantitative estimate of drug-likeness (QED) is 0.586. The van der Waals surface area contributed by atoms with Crippen molar-refractivity contribution in [2.45, 2.75) is 13.3 Å². The summed E-state index contributed by atoms with van der Waals surface area (Å²) in [6, 6.07) is 11.6. The topological polar surface area (TPSA) is 81.2 Å². The first-order chi connectivity index (χ1) is 13.6. The molecule has 3 aromatic rings. The molecule has 0 saturated carbocycles. The van der Waals surface area contributed by atoms with Crippen molar-refractivity contribution in [2.24, 2.45) is 0 Å². The lowest BCUT2D eigenvalue weighted by Gasteiger charge is -2.12. The van der Waals surface area contributed by atoms with E-state index in [2.05, 4.69) is 31.9 Å². The zero-order valence-corrected chi connectivity index (χ0v) is 16.7. The van der Waals surface area contributed by atoms with Crippen molar-refractivity contribution < 1.29 is 9.47 Å². The molecule has 146 valence electrons. The normalized spacial score (nSPS) is 10.4. The van der Waals surface area contributed by atoms with Crippen molar-refractivity contribution in [1.82, 2.24) is 15.2 Å². The molecule has 3 rings (SSSR count). The van der Waals surface area contributed by atoms with Crippen LogP contribution in [0.15, 0.2) is 42.6 Å². The average molecular weight is 400 g/mol.